The molecule has 6 nitrogen and oxygen atoms in total. The van der Waals surface area contributed by atoms with Gasteiger partial charge in [0.25, 0.3) is 0 Å². The smallest absolute Gasteiger partial charge is 0.244 e. The first-order valence-electron chi connectivity index (χ1n) is 6.41. The van der Waals surface area contributed by atoms with Gasteiger partial charge in [-0.1, -0.05) is 20.8 Å². The average molecular weight is 288 g/mol. The molecule has 0 aliphatic heterocycles. The van der Waals surface area contributed by atoms with Crippen molar-refractivity contribution in [3.05, 3.63) is 11.4 Å². The number of aromatic amines is 1. The molecule has 0 saturated carbocycles. The predicted molar refractivity (Wildman–Crippen MR) is 75.3 cm³/mol. The molecule has 1 aromatic rings. The van der Waals surface area contributed by atoms with Crippen molar-refractivity contribution in [1.29, 1.82) is 0 Å². The zero-order chi connectivity index (χ0) is 14.7. The molecule has 19 heavy (non-hydrogen) atoms. The minimum absolute atomic E-state index is 0.0616. The van der Waals surface area contributed by atoms with Crippen LogP contribution in [0.4, 0.5) is 0 Å². The Morgan fingerprint density at radius 1 is 1.37 bits per heavy atom. The maximum atomic E-state index is 12.4. The van der Waals surface area contributed by atoms with Crippen LogP contribution in [0.1, 0.15) is 38.6 Å². The van der Waals surface area contributed by atoms with Gasteiger partial charge in [0, 0.05) is 13.1 Å². The SMILES string of the molecule is CCC(C)(C)CNS(=O)(=O)c1c(CNC)n[nH]c1C. The Labute approximate surface area is 115 Å². The molecule has 0 aliphatic carbocycles. The predicted octanol–water partition coefficient (Wildman–Crippen LogP) is 1.15. The molecule has 3 N–H and O–H groups in total. The summed E-state index contributed by atoms with van der Waals surface area (Å²) in [4.78, 5) is 0.258. The highest BCUT2D eigenvalue weighted by Crippen LogP contribution is 2.21. The summed E-state index contributed by atoms with van der Waals surface area (Å²) in [5.74, 6) is 0. The second-order valence-electron chi connectivity index (χ2n) is 5.50. The Bertz CT molecular complexity index is 520. The average Bonchev–Trinajstić information content (AvgIpc) is 2.70. The third-order valence-electron chi connectivity index (χ3n) is 3.27. The largest absolute Gasteiger partial charge is 0.314 e. The molecular weight excluding hydrogens is 264 g/mol. The lowest BCUT2D eigenvalue weighted by Crippen LogP contribution is -2.34. The van der Waals surface area contributed by atoms with Crippen molar-refractivity contribution in [2.75, 3.05) is 13.6 Å². The Hall–Kier alpha value is -0.920. The molecule has 0 spiro atoms. The molecule has 0 aromatic carbocycles. The second-order valence-corrected chi connectivity index (χ2v) is 7.20. The minimum atomic E-state index is -3.53. The monoisotopic (exact) mass is 288 g/mol. The summed E-state index contributed by atoms with van der Waals surface area (Å²) in [5.41, 5.74) is 1.02. The van der Waals surface area contributed by atoms with Crippen LogP contribution in [0.2, 0.25) is 0 Å². The lowest BCUT2D eigenvalue weighted by Gasteiger charge is -2.22. The molecular formula is C12H24N4O2S. The molecule has 0 amide bonds. The lowest BCUT2D eigenvalue weighted by atomic mass is 9.91. The van der Waals surface area contributed by atoms with E-state index >= 15 is 0 Å². The summed E-state index contributed by atoms with van der Waals surface area (Å²) >= 11 is 0. The molecule has 0 radical (unpaired) electrons. The van der Waals surface area contributed by atoms with E-state index in [1.807, 2.05) is 20.8 Å². The van der Waals surface area contributed by atoms with E-state index in [2.05, 4.69) is 20.2 Å². The molecule has 0 aliphatic rings. The van der Waals surface area contributed by atoms with E-state index in [4.69, 9.17) is 0 Å². The zero-order valence-corrected chi connectivity index (χ0v) is 13.1. The Morgan fingerprint density at radius 2 is 2.00 bits per heavy atom. The number of nitrogens with zero attached hydrogens (tertiary/aromatic N) is 1. The molecule has 110 valence electrons. The number of nitrogens with one attached hydrogen (secondary N) is 3. The van der Waals surface area contributed by atoms with Gasteiger partial charge in [-0.15, -0.1) is 0 Å². The van der Waals surface area contributed by atoms with E-state index < -0.39 is 10.0 Å². The maximum Gasteiger partial charge on any atom is 0.244 e. The van der Waals surface area contributed by atoms with Crippen LogP contribution in [0.15, 0.2) is 4.90 Å². The molecule has 0 fully saturated rings. The van der Waals surface area contributed by atoms with Crippen LogP contribution in [0.25, 0.3) is 0 Å². The van der Waals surface area contributed by atoms with Gasteiger partial charge in [0.05, 0.1) is 11.4 Å². The first-order chi connectivity index (χ1) is 8.73. The van der Waals surface area contributed by atoms with Gasteiger partial charge in [-0.25, -0.2) is 13.1 Å². The van der Waals surface area contributed by atoms with Crippen LogP contribution < -0.4 is 10.0 Å². The van der Waals surface area contributed by atoms with Crippen molar-refractivity contribution in [2.45, 2.75) is 45.6 Å². The molecule has 0 saturated heterocycles. The summed E-state index contributed by atoms with van der Waals surface area (Å²) in [5, 5.41) is 9.68. The van der Waals surface area contributed by atoms with Crippen LogP contribution in [0.5, 0.6) is 0 Å². The molecule has 0 bridgehead atoms. The van der Waals surface area contributed by atoms with Gasteiger partial charge in [0.1, 0.15) is 4.90 Å². The number of aromatic nitrogens is 2. The van der Waals surface area contributed by atoms with Crippen LogP contribution in [-0.4, -0.2) is 32.2 Å². The van der Waals surface area contributed by atoms with Gasteiger partial charge in [0.2, 0.25) is 10.0 Å². The quantitative estimate of drug-likeness (QED) is 0.702. The lowest BCUT2D eigenvalue weighted by molar-refractivity contribution is 0.350. The van der Waals surface area contributed by atoms with E-state index in [0.29, 0.717) is 24.5 Å². The van der Waals surface area contributed by atoms with Crippen LogP contribution in [-0.2, 0) is 16.6 Å². The fourth-order valence-electron chi connectivity index (χ4n) is 1.60. The van der Waals surface area contributed by atoms with Gasteiger partial charge < -0.3 is 5.32 Å². The summed E-state index contributed by atoms with van der Waals surface area (Å²) in [6, 6.07) is 0. The highest BCUT2D eigenvalue weighted by Gasteiger charge is 2.26. The first-order valence-corrected chi connectivity index (χ1v) is 7.90. The normalized spacial score (nSPS) is 12.9. The topological polar surface area (TPSA) is 86.9 Å². The van der Waals surface area contributed by atoms with Crippen LogP contribution >= 0.6 is 0 Å². The van der Waals surface area contributed by atoms with Crippen molar-refractivity contribution in [3.63, 3.8) is 0 Å². The Morgan fingerprint density at radius 3 is 2.53 bits per heavy atom. The number of sulfonamides is 1. The molecule has 1 heterocycles. The number of hydrogen-bond donors (Lipinski definition) is 3. The summed E-state index contributed by atoms with van der Waals surface area (Å²) in [6.45, 7) is 8.65. The van der Waals surface area contributed by atoms with Gasteiger partial charge >= 0.3 is 0 Å². The minimum Gasteiger partial charge on any atom is -0.314 e. The number of rotatable bonds is 7. The van der Waals surface area contributed by atoms with Gasteiger partial charge in [-0.2, -0.15) is 5.10 Å². The van der Waals surface area contributed by atoms with Crippen molar-refractivity contribution in [2.24, 2.45) is 5.41 Å². The van der Waals surface area contributed by atoms with Gasteiger partial charge in [0.15, 0.2) is 0 Å². The number of hydrogen-bond acceptors (Lipinski definition) is 4. The molecule has 0 unspecified atom stereocenters. The fraction of sp³-hybridized carbons (Fsp3) is 0.750. The van der Waals surface area contributed by atoms with E-state index in [-0.39, 0.29) is 10.3 Å². The van der Waals surface area contributed by atoms with Crippen molar-refractivity contribution >= 4 is 10.0 Å². The standard InChI is InChI=1S/C12H24N4O2S/c1-6-12(3,4)8-14-19(17,18)11-9(2)15-16-10(11)7-13-5/h13-14H,6-8H2,1-5H3,(H,15,16). The fourth-order valence-corrected chi connectivity index (χ4v) is 3.20. The zero-order valence-electron chi connectivity index (χ0n) is 12.3. The summed E-state index contributed by atoms with van der Waals surface area (Å²) < 4.78 is 27.4. The molecule has 1 aromatic heterocycles. The number of aryl methyl sites for hydroxylation is 1. The van der Waals surface area contributed by atoms with E-state index in [1.165, 1.54) is 0 Å². The maximum absolute atomic E-state index is 12.4. The van der Waals surface area contributed by atoms with Gasteiger partial charge in [-0.05, 0) is 25.8 Å². The highest BCUT2D eigenvalue weighted by molar-refractivity contribution is 7.89. The van der Waals surface area contributed by atoms with E-state index in [1.54, 1.807) is 14.0 Å². The van der Waals surface area contributed by atoms with Gasteiger partial charge in [-0.3, -0.25) is 5.10 Å². The van der Waals surface area contributed by atoms with Crippen molar-refractivity contribution in [3.8, 4) is 0 Å². The number of H-pyrrole nitrogens is 1. The van der Waals surface area contributed by atoms with Crippen LogP contribution in [0.3, 0.4) is 0 Å². The van der Waals surface area contributed by atoms with Crippen LogP contribution in [0, 0.1) is 12.3 Å². The summed E-state index contributed by atoms with van der Waals surface area (Å²) in [6.07, 6.45) is 0.906. The first kappa shape index (κ1) is 16.1. The van der Waals surface area contributed by atoms with E-state index in [9.17, 15) is 8.42 Å². The Kier molecular flexibility index (Phi) is 5.11. The molecule has 0 atom stereocenters. The van der Waals surface area contributed by atoms with Crippen molar-refractivity contribution in [1.82, 2.24) is 20.2 Å². The third kappa shape index (κ3) is 4.02. The highest BCUT2D eigenvalue weighted by atomic mass is 32.2. The second kappa shape index (κ2) is 6.02. The molecule has 7 heteroatoms. The Balaban J connectivity index is 2.97. The summed E-state index contributed by atoms with van der Waals surface area (Å²) in [7, 11) is -1.77. The molecule has 1 rings (SSSR count). The van der Waals surface area contributed by atoms with Crippen molar-refractivity contribution < 1.29 is 8.42 Å². The van der Waals surface area contributed by atoms with E-state index in [0.717, 1.165) is 6.42 Å². The third-order valence-corrected chi connectivity index (χ3v) is 4.88.